The van der Waals surface area contributed by atoms with Crippen molar-refractivity contribution in [1.29, 1.82) is 0 Å². The van der Waals surface area contributed by atoms with E-state index in [9.17, 15) is 4.79 Å². The quantitative estimate of drug-likeness (QED) is 0.917. The molecule has 1 aliphatic heterocycles. The number of benzene rings is 1. The fraction of sp³-hybridized carbons (Fsp3) is 0.444. The Bertz CT molecular complexity index is 692. The summed E-state index contributed by atoms with van der Waals surface area (Å²) in [4.78, 5) is 14.1. The highest BCUT2D eigenvalue weighted by atomic mass is 16.6. The third-order valence-corrected chi connectivity index (χ3v) is 3.84. The predicted octanol–water partition coefficient (Wildman–Crippen LogP) is 3.39. The van der Waals surface area contributed by atoms with E-state index in [0.717, 1.165) is 16.7 Å². The van der Waals surface area contributed by atoms with Crippen LogP contribution in [-0.4, -0.2) is 46.5 Å². The van der Waals surface area contributed by atoms with E-state index in [1.165, 1.54) is 0 Å². The van der Waals surface area contributed by atoms with Crippen molar-refractivity contribution in [2.75, 3.05) is 19.7 Å². The fourth-order valence-corrected chi connectivity index (χ4v) is 2.77. The van der Waals surface area contributed by atoms with Gasteiger partial charge in [0.1, 0.15) is 11.7 Å². The second kappa shape index (κ2) is 6.65. The minimum absolute atomic E-state index is 0.183. The Morgan fingerprint density at radius 3 is 2.88 bits per heavy atom. The normalized spacial score (nSPS) is 18.5. The summed E-state index contributed by atoms with van der Waals surface area (Å²) in [5.74, 6) is 0. The average Bonchev–Trinajstić information content (AvgIpc) is 3.08. The fourth-order valence-electron chi connectivity index (χ4n) is 2.77. The van der Waals surface area contributed by atoms with Gasteiger partial charge in [-0.3, -0.25) is 5.10 Å². The van der Waals surface area contributed by atoms with Gasteiger partial charge in [-0.2, -0.15) is 5.10 Å². The molecule has 1 unspecified atom stereocenters. The van der Waals surface area contributed by atoms with Crippen LogP contribution in [0.4, 0.5) is 4.79 Å². The van der Waals surface area contributed by atoms with E-state index in [2.05, 4.69) is 10.2 Å². The smallest absolute Gasteiger partial charge is 0.410 e. The van der Waals surface area contributed by atoms with Crippen molar-refractivity contribution < 1.29 is 14.3 Å². The Morgan fingerprint density at radius 2 is 2.17 bits per heavy atom. The molecule has 0 aliphatic carbocycles. The molecule has 1 atom stereocenters. The predicted molar refractivity (Wildman–Crippen MR) is 90.5 cm³/mol. The third kappa shape index (κ3) is 3.76. The molecule has 1 amide bonds. The van der Waals surface area contributed by atoms with Gasteiger partial charge in [0.15, 0.2) is 0 Å². The molecule has 1 fully saturated rings. The maximum Gasteiger partial charge on any atom is 0.410 e. The largest absolute Gasteiger partial charge is 0.444 e. The van der Waals surface area contributed by atoms with Gasteiger partial charge in [0.25, 0.3) is 0 Å². The SMILES string of the molecule is CC(C)(C)OC(=O)N1CCOC(c2ccccc2-c2cn[nH]c2)C1. The molecule has 0 radical (unpaired) electrons. The number of aromatic nitrogens is 2. The van der Waals surface area contributed by atoms with E-state index >= 15 is 0 Å². The summed E-state index contributed by atoms with van der Waals surface area (Å²) in [6.07, 6.45) is 3.16. The van der Waals surface area contributed by atoms with Crippen LogP contribution in [0.5, 0.6) is 0 Å². The van der Waals surface area contributed by atoms with Gasteiger partial charge in [-0.05, 0) is 31.9 Å². The molecule has 1 aromatic heterocycles. The zero-order valence-electron chi connectivity index (χ0n) is 14.3. The summed E-state index contributed by atoms with van der Waals surface area (Å²) >= 11 is 0. The van der Waals surface area contributed by atoms with Gasteiger partial charge in [-0.25, -0.2) is 4.79 Å². The lowest BCUT2D eigenvalue weighted by Gasteiger charge is -2.35. The zero-order chi connectivity index (χ0) is 17.2. The van der Waals surface area contributed by atoms with Crippen molar-refractivity contribution in [2.45, 2.75) is 32.5 Å². The first-order valence-corrected chi connectivity index (χ1v) is 8.11. The molecule has 24 heavy (non-hydrogen) atoms. The van der Waals surface area contributed by atoms with Crippen LogP contribution in [0, 0.1) is 0 Å². The lowest BCUT2D eigenvalue weighted by atomic mass is 9.97. The van der Waals surface area contributed by atoms with Crippen LogP contribution < -0.4 is 0 Å². The van der Waals surface area contributed by atoms with E-state index in [4.69, 9.17) is 9.47 Å². The molecule has 3 rings (SSSR count). The topological polar surface area (TPSA) is 67.4 Å². The molecule has 2 heterocycles. The van der Waals surface area contributed by atoms with Gasteiger partial charge in [0.05, 0.1) is 19.3 Å². The lowest BCUT2D eigenvalue weighted by molar-refractivity contribution is -0.0431. The standard InChI is InChI=1S/C18H23N3O3/c1-18(2,3)24-17(22)21-8-9-23-16(12-21)15-7-5-4-6-14(15)13-10-19-20-11-13/h4-7,10-11,16H,8-9,12H2,1-3H3,(H,19,20). The molecule has 1 saturated heterocycles. The number of aromatic amines is 1. The average molecular weight is 329 g/mol. The number of carbonyl (C=O) groups is 1. The second-order valence-electron chi connectivity index (χ2n) is 6.86. The number of hydrogen-bond acceptors (Lipinski definition) is 4. The number of hydrogen-bond donors (Lipinski definition) is 1. The number of rotatable bonds is 2. The first-order chi connectivity index (χ1) is 11.4. The molecule has 1 aliphatic rings. The maximum absolute atomic E-state index is 12.3. The van der Waals surface area contributed by atoms with Gasteiger partial charge >= 0.3 is 6.09 Å². The van der Waals surface area contributed by atoms with Crippen molar-refractivity contribution in [3.05, 3.63) is 42.2 Å². The van der Waals surface area contributed by atoms with Crippen molar-refractivity contribution in [1.82, 2.24) is 15.1 Å². The second-order valence-corrected chi connectivity index (χ2v) is 6.86. The van der Waals surface area contributed by atoms with Crippen LogP contribution in [0.25, 0.3) is 11.1 Å². The highest BCUT2D eigenvalue weighted by Crippen LogP contribution is 2.31. The van der Waals surface area contributed by atoms with E-state index in [-0.39, 0.29) is 12.2 Å². The van der Waals surface area contributed by atoms with Crippen molar-refractivity contribution >= 4 is 6.09 Å². The summed E-state index contributed by atoms with van der Waals surface area (Å²) in [7, 11) is 0. The summed E-state index contributed by atoms with van der Waals surface area (Å²) in [6, 6.07) is 8.04. The first kappa shape index (κ1) is 16.5. The highest BCUT2D eigenvalue weighted by Gasteiger charge is 2.30. The number of H-pyrrole nitrogens is 1. The zero-order valence-corrected chi connectivity index (χ0v) is 14.3. The Hall–Kier alpha value is -2.34. The van der Waals surface area contributed by atoms with Crippen molar-refractivity contribution in [3.63, 3.8) is 0 Å². The molecular weight excluding hydrogens is 306 g/mol. The lowest BCUT2D eigenvalue weighted by Crippen LogP contribution is -2.44. The summed E-state index contributed by atoms with van der Waals surface area (Å²) in [5.41, 5.74) is 2.61. The van der Waals surface area contributed by atoms with Crippen molar-refractivity contribution in [2.24, 2.45) is 0 Å². The number of nitrogens with one attached hydrogen (secondary N) is 1. The number of morpholine rings is 1. The first-order valence-electron chi connectivity index (χ1n) is 8.11. The molecular formula is C18H23N3O3. The monoisotopic (exact) mass is 329 g/mol. The Kier molecular flexibility index (Phi) is 4.57. The molecule has 0 bridgehead atoms. The van der Waals surface area contributed by atoms with Gasteiger partial charge in [-0.1, -0.05) is 24.3 Å². The molecule has 128 valence electrons. The van der Waals surface area contributed by atoms with Crippen LogP contribution in [0.3, 0.4) is 0 Å². The number of ether oxygens (including phenoxy) is 2. The molecule has 0 spiro atoms. The highest BCUT2D eigenvalue weighted by molar-refractivity contribution is 5.69. The van der Waals surface area contributed by atoms with E-state index in [0.29, 0.717) is 19.7 Å². The van der Waals surface area contributed by atoms with Gasteiger partial charge in [0.2, 0.25) is 0 Å². The molecule has 2 aromatic rings. The Morgan fingerprint density at radius 1 is 1.38 bits per heavy atom. The van der Waals surface area contributed by atoms with Crippen molar-refractivity contribution in [3.8, 4) is 11.1 Å². The Balaban J connectivity index is 1.80. The van der Waals surface area contributed by atoms with Gasteiger partial charge in [0, 0.05) is 18.3 Å². The Labute approximate surface area is 141 Å². The van der Waals surface area contributed by atoms with E-state index in [1.807, 2.05) is 51.2 Å². The molecule has 1 N–H and O–H groups in total. The van der Waals surface area contributed by atoms with Crippen LogP contribution in [0.1, 0.15) is 32.4 Å². The number of carbonyl (C=O) groups excluding carboxylic acids is 1. The van der Waals surface area contributed by atoms with Gasteiger partial charge < -0.3 is 14.4 Å². The molecule has 6 heteroatoms. The van der Waals surface area contributed by atoms with Crippen LogP contribution >= 0.6 is 0 Å². The van der Waals surface area contributed by atoms with E-state index in [1.54, 1.807) is 11.1 Å². The summed E-state index contributed by atoms with van der Waals surface area (Å²) in [6.45, 7) is 7.12. The summed E-state index contributed by atoms with van der Waals surface area (Å²) in [5, 5.41) is 6.85. The molecule has 1 aromatic carbocycles. The van der Waals surface area contributed by atoms with Crippen LogP contribution in [-0.2, 0) is 9.47 Å². The summed E-state index contributed by atoms with van der Waals surface area (Å²) < 4.78 is 11.4. The van der Waals surface area contributed by atoms with Crippen LogP contribution in [0.2, 0.25) is 0 Å². The van der Waals surface area contributed by atoms with E-state index < -0.39 is 5.60 Å². The molecule has 0 saturated carbocycles. The minimum Gasteiger partial charge on any atom is -0.444 e. The number of nitrogens with zero attached hydrogens (tertiary/aromatic N) is 2. The number of amides is 1. The maximum atomic E-state index is 12.3. The minimum atomic E-state index is -0.500. The molecule has 6 nitrogen and oxygen atoms in total. The third-order valence-electron chi connectivity index (χ3n) is 3.84. The van der Waals surface area contributed by atoms with Crippen LogP contribution in [0.15, 0.2) is 36.7 Å². The van der Waals surface area contributed by atoms with Gasteiger partial charge in [-0.15, -0.1) is 0 Å².